The Bertz CT molecular complexity index is 954. The van der Waals surface area contributed by atoms with Gasteiger partial charge in [0.2, 0.25) is 0 Å². The summed E-state index contributed by atoms with van der Waals surface area (Å²) in [6.07, 6.45) is 0.517. The number of nitrogens with one attached hydrogen (secondary N) is 1. The first kappa shape index (κ1) is 18.3. The Labute approximate surface area is 165 Å². The largest absolute Gasteiger partial charge is 0.447 e. The lowest BCUT2D eigenvalue weighted by atomic mass is 9.93. The van der Waals surface area contributed by atoms with Crippen LogP contribution in [0.1, 0.15) is 27.8 Å². The summed E-state index contributed by atoms with van der Waals surface area (Å²) in [5.41, 5.74) is 7.49. The van der Waals surface area contributed by atoms with E-state index >= 15 is 0 Å². The van der Waals surface area contributed by atoms with Gasteiger partial charge in [0.25, 0.3) is 0 Å². The number of nitrogens with zero attached hydrogens (tertiary/aromatic N) is 2. The second-order valence-electron chi connectivity index (χ2n) is 7.59. The summed E-state index contributed by atoms with van der Waals surface area (Å²) in [7, 11) is 0. The van der Waals surface area contributed by atoms with Gasteiger partial charge >= 0.3 is 12.1 Å². The molecule has 0 radical (unpaired) electrons. The first-order valence-electron chi connectivity index (χ1n) is 9.62. The maximum Gasteiger partial charge on any atom is 0.414 e. The predicted octanol–water partition coefficient (Wildman–Crippen LogP) is 4.16. The van der Waals surface area contributed by atoms with Gasteiger partial charge in [0.1, 0.15) is 6.61 Å². The van der Waals surface area contributed by atoms with Crippen LogP contribution in [0.5, 0.6) is 0 Å². The Morgan fingerprint density at radius 2 is 1.89 bits per heavy atom. The molecule has 0 saturated carbocycles. The van der Waals surface area contributed by atoms with Crippen molar-refractivity contribution in [3.63, 3.8) is 0 Å². The van der Waals surface area contributed by atoms with Crippen molar-refractivity contribution in [1.29, 1.82) is 0 Å². The van der Waals surface area contributed by atoms with Gasteiger partial charge in [-0.2, -0.15) is 0 Å². The van der Waals surface area contributed by atoms with Crippen LogP contribution < -0.4 is 10.2 Å². The number of amides is 3. The summed E-state index contributed by atoms with van der Waals surface area (Å²) in [5.74, 6) is 0. The number of anilines is 2. The molecule has 2 aliphatic heterocycles. The summed E-state index contributed by atoms with van der Waals surface area (Å²) in [5, 5.41) is 3.03. The molecule has 28 heavy (non-hydrogen) atoms. The molecule has 0 spiro atoms. The number of carbonyl (C=O) groups excluding carboxylic acids is 2. The third-order valence-electron chi connectivity index (χ3n) is 5.53. The van der Waals surface area contributed by atoms with Crippen molar-refractivity contribution in [3.05, 3.63) is 58.1 Å². The average Bonchev–Trinajstić information content (AvgIpc) is 3.09. The predicted molar refractivity (Wildman–Crippen MR) is 109 cm³/mol. The standard InChI is InChI=1S/C22H25N3O3/c1-14-10-16(3)19-13-24(7-6-17(19)11-14)21(26)23-20-12-18(5-4-15(20)2)25-8-9-28-22(25)27/h4-5,10-12H,6-9,13H2,1-3H3,(H,23,26). The van der Waals surface area contributed by atoms with E-state index in [-0.39, 0.29) is 12.1 Å². The van der Waals surface area contributed by atoms with Gasteiger partial charge in [0, 0.05) is 24.5 Å². The van der Waals surface area contributed by atoms with Crippen molar-refractivity contribution in [1.82, 2.24) is 4.90 Å². The fourth-order valence-electron chi connectivity index (χ4n) is 3.97. The van der Waals surface area contributed by atoms with E-state index < -0.39 is 0 Å². The van der Waals surface area contributed by atoms with Gasteiger partial charge in [0.15, 0.2) is 0 Å². The first-order chi connectivity index (χ1) is 13.4. The topological polar surface area (TPSA) is 61.9 Å². The molecule has 146 valence electrons. The van der Waals surface area contributed by atoms with E-state index in [9.17, 15) is 9.59 Å². The van der Waals surface area contributed by atoms with Gasteiger partial charge in [-0.15, -0.1) is 0 Å². The fourth-order valence-corrected chi connectivity index (χ4v) is 3.97. The van der Waals surface area contributed by atoms with Crippen molar-refractivity contribution >= 4 is 23.5 Å². The SMILES string of the molecule is Cc1cc(C)c2c(c1)CCN(C(=O)Nc1cc(N3CCOC3=O)ccc1C)C2. The zero-order valence-electron chi connectivity index (χ0n) is 16.5. The molecule has 2 aromatic carbocycles. The molecule has 2 aliphatic rings. The van der Waals surface area contributed by atoms with E-state index in [1.165, 1.54) is 22.3 Å². The molecular weight excluding hydrogens is 354 g/mol. The molecule has 1 saturated heterocycles. The third-order valence-corrected chi connectivity index (χ3v) is 5.53. The molecule has 4 rings (SSSR count). The number of carbonyl (C=O) groups is 2. The van der Waals surface area contributed by atoms with Crippen molar-refractivity contribution in [3.8, 4) is 0 Å². The third kappa shape index (κ3) is 3.42. The number of aryl methyl sites for hydroxylation is 3. The van der Waals surface area contributed by atoms with Crippen LogP contribution in [-0.2, 0) is 17.7 Å². The number of hydrogen-bond donors (Lipinski definition) is 1. The monoisotopic (exact) mass is 379 g/mol. The van der Waals surface area contributed by atoms with Crippen LogP contribution >= 0.6 is 0 Å². The Balaban J connectivity index is 1.52. The minimum atomic E-state index is -0.348. The maximum atomic E-state index is 12.9. The molecular formula is C22H25N3O3. The van der Waals surface area contributed by atoms with E-state index in [1.54, 1.807) is 4.90 Å². The Kier molecular flexibility index (Phi) is 4.71. The van der Waals surface area contributed by atoms with Crippen molar-refractivity contribution in [2.45, 2.75) is 33.7 Å². The molecule has 2 heterocycles. The highest BCUT2D eigenvalue weighted by Gasteiger charge is 2.25. The second-order valence-corrected chi connectivity index (χ2v) is 7.59. The molecule has 0 aliphatic carbocycles. The van der Waals surface area contributed by atoms with Crippen LogP contribution in [0.25, 0.3) is 0 Å². The van der Waals surface area contributed by atoms with E-state index in [0.717, 1.165) is 17.7 Å². The summed E-state index contributed by atoms with van der Waals surface area (Å²) >= 11 is 0. The highest BCUT2D eigenvalue weighted by molar-refractivity contribution is 5.94. The number of cyclic esters (lactones) is 1. The van der Waals surface area contributed by atoms with Crippen molar-refractivity contribution in [2.24, 2.45) is 0 Å². The molecule has 1 N–H and O–H groups in total. The van der Waals surface area contributed by atoms with Gasteiger partial charge in [-0.25, -0.2) is 9.59 Å². The molecule has 0 aromatic heterocycles. The number of urea groups is 1. The molecule has 0 atom stereocenters. The van der Waals surface area contributed by atoms with Crippen molar-refractivity contribution < 1.29 is 14.3 Å². The number of fused-ring (bicyclic) bond motifs is 1. The zero-order chi connectivity index (χ0) is 19.8. The Morgan fingerprint density at radius 1 is 1.07 bits per heavy atom. The number of ether oxygens (including phenoxy) is 1. The van der Waals surface area contributed by atoms with Crippen molar-refractivity contribution in [2.75, 3.05) is 29.9 Å². The van der Waals surface area contributed by atoms with E-state index in [2.05, 4.69) is 31.3 Å². The average molecular weight is 379 g/mol. The Hall–Kier alpha value is -3.02. The summed E-state index contributed by atoms with van der Waals surface area (Å²) in [6, 6.07) is 9.90. The summed E-state index contributed by atoms with van der Waals surface area (Å²) in [6.45, 7) is 8.38. The van der Waals surface area contributed by atoms with Gasteiger partial charge in [-0.1, -0.05) is 23.8 Å². The second kappa shape index (κ2) is 7.19. The van der Waals surface area contributed by atoms with Crippen LogP contribution in [0.3, 0.4) is 0 Å². The van der Waals surface area contributed by atoms with E-state index in [4.69, 9.17) is 4.74 Å². The van der Waals surface area contributed by atoms with E-state index in [0.29, 0.717) is 31.9 Å². The smallest absolute Gasteiger partial charge is 0.414 e. The Morgan fingerprint density at radius 3 is 2.64 bits per heavy atom. The van der Waals surface area contributed by atoms with Gasteiger partial charge in [-0.05, 0) is 61.6 Å². The number of benzene rings is 2. The zero-order valence-corrected chi connectivity index (χ0v) is 16.5. The summed E-state index contributed by atoms with van der Waals surface area (Å²) < 4.78 is 5.01. The van der Waals surface area contributed by atoms with Gasteiger partial charge < -0.3 is 15.0 Å². The van der Waals surface area contributed by atoms with Crippen LogP contribution in [0.15, 0.2) is 30.3 Å². The normalized spacial score (nSPS) is 16.0. The molecule has 0 bridgehead atoms. The lowest BCUT2D eigenvalue weighted by Crippen LogP contribution is -2.39. The van der Waals surface area contributed by atoms with Gasteiger partial charge in [0.05, 0.1) is 6.54 Å². The van der Waals surface area contributed by atoms with Crippen LogP contribution in [-0.4, -0.2) is 36.7 Å². The lowest BCUT2D eigenvalue weighted by molar-refractivity contribution is 0.181. The minimum absolute atomic E-state index is 0.116. The molecule has 6 heteroatoms. The molecule has 3 amide bonds. The molecule has 1 fully saturated rings. The number of rotatable bonds is 2. The fraction of sp³-hybridized carbons (Fsp3) is 0.364. The quantitative estimate of drug-likeness (QED) is 0.852. The minimum Gasteiger partial charge on any atom is -0.447 e. The highest BCUT2D eigenvalue weighted by Crippen LogP contribution is 2.27. The maximum absolute atomic E-state index is 12.9. The van der Waals surface area contributed by atoms with Crippen LogP contribution in [0.2, 0.25) is 0 Å². The van der Waals surface area contributed by atoms with E-state index in [1.807, 2.05) is 30.0 Å². The van der Waals surface area contributed by atoms with Gasteiger partial charge in [-0.3, -0.25) is 4.90 Å². The van der Waals surface area contributed by atoms with Crippen LogP contribution in [0, 0.1) is 20.8 Å². The summed E-state index contributed by atoms with van der Waals surface area (Å²) in [4.78, 5) is 28.2. The lowest BCUT2D eigenvalue weighted by Gasteiger charge is -2.30. The van der Waals surface area contributed by atoms with Crippen LogP contribution in [0.4, 0.5) is 21.0 Å². The highest BCUT2D eigenvalue weighted by atomic mass is 16.6. The first-order valence-corrected chi connectivity index (χ1v) is 9.62. The molecule has 6 nitrogen and oxygen atoms in total. The number of hydrogen-bond acceptors (Lipinski definition) is 3. The molecule has 2 aromatic rings. The molecule has 0 unspecified atom stereocenters.